The number of hydrogen-bond acceptors (Lipinski definition) is 2. The van der Waals surface area contributed by atoms with Gasteiger partial charge in [0.2, 0.25) is 0 Å². The van der Waals surface area contributed by atoms with Gasteiger partial charge in [0.05, 0.1) is 0 Å². The third-order valence-corrected chi connectivity index (χ3v) is 1.76. The highest BCUT2D eigenvalue weighted by atomic mass is 79.9. The molecule has 0 aliphatic rings. The summed E-state index contributed by atoms with van der Waals surface area (Å²) in [6.07, 6.45) is 3.09. The highest BCUT2D eigenvalue weighted by molar-refractivity contribution is 9.10. The Kier molecular flexibility index (Phi) is 3.02. The monoisotopic (exact) mass is 233 g/mol. The number of aromatic nitrogens is 1. The molecule has 4 heteroatoms. The number of halogens is 2. The second-order valence-electron chi connectivity index (χ2n) is 1.91. The van der Waals surface area contributed by atoms with Crippen LogP contribution in [0.15, 0.2) is 24.5 Å². The van der Waals surface area contributed by atoms with E-state index in [0.29, 0.717) is 5.56 Å². The smallest absolute Gasteiger partial charge is 0.192 e. The maximum Gasteiger partial charge on any atom is 0.192 e. The van der Waals surface area contributed by atoms with E-state index in [1.807, 2.05) is 0 Å². The predicted molar refractivity (Wildman–Crippen MR) is 47.1 cm³/mol. The third-order valence-electron chi connectivity index (χ3n) is 1.14. The molecule has 1 aromatic rings. The zero-order valence-electron chi connectivity index (χ0n) is 5.50. The van der Waals surface area contributed by atoms with E-state index in [9.17, 15) is 4.79 Å². The van der Waals surface area contributed by atoms with Crippen molar-refractivity contribution in [2.24, 2.45) is 0 Å². The lowest BCUT2D eigenvalue weighted by atomic mass is 10.2. The fourth-order valence-corrected chi connectivity index (χ4v) is 1.02. The minimum atomic E-state index is -0.660. The summed E-state index contributed by atoms with van der Waals surface area (Å²) in [5.41, 5.74) is 0.518. The van der Waals surface area contributed by atoms with Crippen LogP contribution < -0.4 is 0 Å². The minimum absolute atomic E-state index is 0.167. The lowest BCUT2D eigenvalue weighted by molar-refractivity contribution is 0.101. The Bertz CT molecular complexity index is 250. The van der Waals surface area contributed by atoms with Crippen LogP contribution >= 0.6 is 27.5 Å². The molecule has 1 heterocycles. The molecule has 0 aliphatic heterocycles. The summed E-state index contributed by atoms with van der Waals surface area (Å²) >= 11 is 8.47. The van der Waals surface area contributed by atoms with Crippen LogP contribution in [0.25, 0.3) is 0 Å². The molecule has 0 fully saturated rings. The number of carbonyl (C=O) groups excluding carboxylic acids is 1. The zero-order valence-corrected chi connectivity index (χ0v) is 7.84. The van der Waals surface area contributed by atoms with Gasteiger partial charge in [-0.3, -0.25) is 9.78 Å². The van der Waals surface area contributed by atoms with E-state index in [2.05, 4.69) is 20.9 Å². The molecule has 0 amide bonds. The van der Waals surface area contributed by atoms with Crippen molar-refractivity contribution in [1.29, 1.82) is 0 Å². The Labute approximate surface area is 77.7 Å². The summed E-state index contributed by atoms with van der Waals surface area (Å²) in [6, 6.07) is 3.37. The van der Waals surface area contributed by atoms with Crippen LogP contribution in [0.4, 0.5) is 0 Å². The number of pyridine rings is 1. The van der Waals surface area contributed by atoms with Crippen LogP contribution in [0.2, 0.25) is 0 Å². The van der Waals surface area contributed by atoms with Gasteiger partial charge >= 0.3 is 0 Å². The summed E-state index contributed by atoms with van der Waals surface area (Å²) in [5.74, 6) is -0.167. The van der Waals surface area contributed by atoms with Crippen molar-refractivity contribution >= 4 is 33.3 Å². The Morgan fingerprint density at radius 1 is 1.73 bits per heavy atom. The lowest BCUT2D eigenvalue weighted by Crippen LogP contribution is -2.07. The standard InChI is InChI=1S/C7H5BrClNO/c8-7(9)6(11)5-2-1-3-10-4-5/h1-4,7H. The molecule has 0 saturated heterocycles. The summed E-state index contributed by atoms with van der Waals surface area (Å²) < 4.78 is -0.660. The largest absolute Gasteiger partial charge is 0.291 e. The summed E-state index contributed by atoms with van der Waals surface area (Å²) in [7, 11) is 0. The SMILES string of the molecule is O=C(c1cccnc1)C(Cl)Br. The number of alkyl halides is 2. The van der Waals surface area contributed by atoms with Crippen molar-refractivity contribution in [2.45, 2.75) is 4.29 Å². The molecular formula is C7H5BrClNO. The first-order valence-electron chi connectivity index (χ1n) is 2.94. The van der Waals surface area contributed by atoms with Crippen LogP contribution in [0.5, 0.6) is 0 Å². The van der Waals surface area contributed by atoms with Gasteiger partial charge in [-0.1, -0.05) is 15.9 Å². The molecule has 0 bridgehead atoms. The zero-order chi connectivity index (χ0) is 8.27. The van der Waals surface area contributed by atoms with Crippen molar-refractivity contribution in [3.8, 4) is 0 Å². The lowest BCUT2D eigenvalue weighted by Gasteiger charge is -1.98. The Balaban J connectivity index is 2.86. The number of rotatable bonds is 2. The van der Waals surface area contributed by atoms with Crippen LogP contribution in [0.3, 0.4) is 0 Å². The molecular weight excluding hydrogens is 229 g/mol. The van der Waals surface area contributed by atoms with E-state index >= 15 is 0 Å². The van der Waals surface area contributed by atoms with Crippen molar-refractivity contribution < 1.29 is 4.79 Å². The summed E-state index contributed by atoms with van der Waals surface area (Å²) in [5, 5.41) is 0. The normalized spacial score (nSPS) is 12.5. The number of nitrogens with zero attached hydrogens (tertiary/aromatic N) is 1. The Morgan fingerprint density at radius 3 is 2.91 bits per heavy atom. The second kappa shape index (κ2) is 3.83. The molecule has 1 aromatic heterocycles. The molecule has 0 aliphatic carbocycles. The van der Waals surface area contributed by atoms with Gasteiger partial charge in [-0.15, -0.1) is 11.6 Å². The van der Waals surface area contributed by atoms with Crippen LogP contribution in [0.1, 0.15) is 10.4 Å². The maximum atomic E-state index is 11.1. The van der Waals surface area contributed by atoms with Crippen LogP contribution in [-0.2, 0) is 0 Å². The first-order chi connectivity index (χ1) is 5.22. The number of carbonyl (C=O) groups is 1. The maximum absolute atomic E-state index is 11.1. The molecule has 1 atom stereocenters. The van der Waals surface area contributed by atoms with Crippen molar-refractivity contribution in [1.82, 2.24) is 4.98 Å². The van der Waals surface area contributed by atoms with Crippen molar-refractivity contribution in [3.63, 3.8) is 0 Å². The first-order valence-corrected chi connectivity index (χ1v) is 4.29. The average Bonchev–Trinajstić information content (AvgIpc) is 2.05. The molecule has 2 nitrogen and oxygen atoms in total. The van der Waals surface area contributed by atoms with Gasteiger partial charge in [0.15, 0.2) is 10.1 Å². The van der Waals surface area contributed by atoms with Gasteiger partial charge in [0, 0.05) is 18.0 Å². The topological polar surface area (TPSA) is 30.0 Å². The van der Waals surface area contributed by atoms with Gasteiger partial charge in [-0.05, 0) is 12.1 Å². The summed E-state index contributed by atoms with van der Waals surface area (Å²) in [4.78, 5) is 14.9. The highest BCUT2D eigenvalue weighted by Gasteiger charge is 2.12. The van der Waals surface area contributed by atoms with Gasteiger partial charge in [0.1, 0.15) is 0 Å². The fourth-order valence-electron chi connectivity index (χ4n) is 0.635. The predicted octanol–water partition coefficient (Wildman–Crippen LogP) is 2.22. The van der Waals surface area contributed by atoms with Crippen molar-refractivity contribution in [2.75, 3.05) is 0 Å². The molecule has 1 rings (SSSR count). The second-order valence-corrected chi connectivity index (χ2v) is 3.79. The molecule has 0 aromatic carbocycles. The summed E-state index contributed by atoms with van der Waals surface area (Å²) in [6.45, 7) is 0. The van der Waals surface area contributed by atoms with E-state index in [1.54, 1.807) is 18.3 Å². The van der Waals surface area contributed by atoms with Gasteiger partial charge in [0.25, 0.3) is 0 Å². The minimum Gasteiger partial charge on any atom is -0.291 e. The first kappa shape index (κ1) is 8.68. The number of ketones is 1. The van der Waals surface area contributed by atoms with Gasteiger partial charge in [-0.25, -0.2) is 0 Å². The fraction of sp³-hybridized carbons (Fsp3) is 0.143. The number of Topliss-reactive ketones (excluding diaryl/α,β-unsaturated/α-hetero) is 1. The molecule has 0 spiro atoms. The van der Waals surface area contributed by atoms with Gasteiger partial charge < -0.3 is 0 Å². The van der Waals surface area contributed by atoms with E-state index in [-0.39, 0.29) is 5.78 Å². The molecule has 0 radical (unpaired) electrons. The third kappa shape index (κ3) is 2.27. The quantitative estimate of drug-likeness (QED) is 0.580. The van der Waals surface area contributed by atoms with Gasteiger partial charge in [-0.2, -0.15) is 0 Å². The molecule has 11 heavy (non-hydrogen) atoms. The Hall–Kier alpha value is -0.410. The van der Waals surface area contributed by atoms with E-state index in [0.717, 1.165) is 0 Å². The van der Waals surface area contributed by atoms with Crippen LogP contribution in [0, 0.1) is 0 Å². The Morgan fingerprint density at radius 2 is 2.45 bits per heavy atom. The molecule has 0 saturated carbocycles. The molecule has 1 unspecified atom stereocenters. The van der Waals surface area contributed by atoms with E-state index in [1.165, 1.54) is 6.20 Å². The number of hydrogen-bond donors (Lipinski definition) is 0. The molecule has 58 valence electrons. The van der Waals surface area contributed by atoms with Crippen LogP contribution in [-0.4, -0.2) is 15.1 Å². The van der Waals surface area contributed by atoms with Crippen molar-refractivity contribution in [3.05, 3.63) is 30.1 Å². The average molecular weight is 234 g/mol. The van der Waals surface area contributed by atoms with E-state index < -0.39 is 4.29 Å². The molecule has 0 N–H and O–H groups in total. The highest BCUT2D eigenvalue weighted by Crippen LogP contribution is 2.12. The van der Waals surface area contributed by atoms with E-state index in [4.69, 9.17) is 11.6 Å².